The standard InChI is InChI=1S/C22H20FN5O2/c23-13-5-3-6-14(11-13)28-20(24)18(22(29)25-12-15-7-4-10-30-15)19-21(28)27-17-9-2-1-8-16(17)26-19/h1-3,5-6,8-9,11,15H,4,7,10,12,24H2,(H,25,29)/t15-/m0/s1. The van der Waals surface area contributed by atoms with Gasteiger partial charge in [-0.1, -0.05) is 18.2 Å². The van der Waals surface area contributed by atoms with E-state index in [-0.39, 0.29) is 23.4 Å². The molecule has 8 heteroatoms. The SMILES string of the molecule is Nc1c(C(=O)NC[C@@H]2CCCO2)c2nc3ccccc3nc2n1-c1cccc(F)c1. The van der Waals surface area contributed by atoms with Gasteiger partial charge < -0.3 is 15.8 Å². The number of carbonyl (C=O) groups is 1. The number of para-hydroxylation sites is 2. The summed E-state index contributed by atoms with van der Waals surface area (Å²) in [4.78, 5) is 22.4. The van der Waals surface area contributed by atoms with Gasteiger partial charge in [-0.2, -0.15) is 0 Å². The highest BCUT2D eigenvalue weighted by atomic mass is 19.1. The van der Waals surface area contributed by atoms with Crippen LogP contribution in [-0.2, 0) is 4.74 Å². The molecule has 0 radical (unpaired) electrons. The number of nitrogens with one attached hydrogen (secondary N) is 1. The van der Waals surface area contributed by atoms with Gasteiger partial charge in [0.1, 0.15) is 22.7 Å². The molecule has 0 unspecified atom stereocenters. The second-order valence-electron chi connectivity index (χ2n) is 7.31. The Morgan fingerprint density at radius 3 is 2.73 bits per heavy atom. The van der Waals surface area contributed by atoms with E-state index in [9.17, 15) is 9.18 Å². The average Bonchev–Trinajstić information content (AvgIpc) is 3.35. The van der Waals surface area contributed by atoms with Crippen molar-refractivity contribution in [2.75, 3.05) is 18.9 Å². The van der Waals surface area contributed by atoms with Gasteiger partial charge in [0.2, 0.25) is 0 Å². The van der Waals surface area contributed by atoms with Crippen LogP contribution >= 0.6 is 0 Å². The molecule has 4 aromatic rings. The van der Waals surface area contributed by atoms with Crippen molar-refractivity contribution in [2.45, 2.75) is 18.9 Å². The van der Waals surface area contributed by atoms with Crippen molar-refractivity contribution >= 4 is 33.9 Å². The molecule has 3 heterocycles. The van der Waals surface area contributed by atoms with Crippen LogP contribution in [0.1, 0.15) is 23.2 Å². The number of anilines is 1. The lowest BCUT2D eigenvalue weighted by molar-refractivity contribution is 0.0859. The summed E-state index contributed by atoms with van der Waals surface area (Å²) < 4.78 is 21.1. The van der Waals surface area contributed by atoms with Crippen LogP contribution in [0.3, 0.4) is 0 Å². The van der Waals surface area contributed by atoms with E-state index in [2.05, 4.69) is 15.3 Å². The third-order valence-corrected chi connectivity index (χ3v) is 5.31. The van der Waals surface area contributed by atoms with Gasteiger partial charge in [-0.3, -0.25) is 9.36 Å². The van der Waals surface area contributed by atoms with E-state index in [0.29, 0.717) is 41.0 Å². The molecule has 3 N–H and O–H groups in total. The summed E-state index contributed by atoms with van der Waals surface area (Å²) in [6.45, 7) is 1.10. The molecule has 0 bridgehead atoms. The summed E-state index contributed by atoms with van der Waals surface area (Å²) in [6, 6.07) is 13.4. The number of halogens is 1. The van der Waals surface area contributed by atoms with Gasteiger partial charge >= 0.3 is 0 Å². The van der Waals surface area contributed by atoms with Crippen LogP contribution in [0.15, 0.2) is 48.5 Å². The summed E-state index contributed by atoms with van der Waals surface area (Å²) in [5.74, 6) is -0.602. The highest BCUT2D eigenvalue weighted by Gasteiger charge is 2.26. The molecular formula is C22H20FN5O2. The number of carbonyl (C=O) groups excluding carboxylic acids is 1. The second kappa shape index (κ2) is 7.38. The number of benzene rings is 2. The fourth-order valence-electron chi connectivity index (χ4n) is 3.86. The molecule has 1 aliphatic rings. The summed E-state index contributed by atoms with van der Waals surface area (Å²) in [5.41, 5.74) is 9.20. The minimum Gasteiger partial charge on any atom is -0.384 e. The number of amides is 1. The number of hydrogen-bond acceptors (Lipinski definition) is 5. The van der Waals surface area contributed by atoms with Gasteiger partial charge in [0.25, 0.3) is 5.91 Å². The first-order valence-corrected chi connectivity index (χ1v) is 9.84. The summed E-state index contributed by atoms with van der Waals surface area (Å²) in [6.07, 6.45) is 1.89. The molecular weight excluding hydrogens is 385 g/mol. The van der Waals surface area contributed by atoms with Crippen molar-refractivity contribution in [2.24, 2.45) is 0 Å². The van der Waals surface area contributed by atoms with E-state index >= 15 is 0 Å². The number of nitrogens with zero attached hydrogens (tertiary/aromatic N) is 3. The van der Waals surface area contributed by atoms with Crippen LogP contribution in [0.4, 0.5) is 10.2 Å². The maximum atomic E-state index is 13.9. The number of aromatic nitrogens is 3. The summed E-state index contributed by atoms with van der Waals surface area (Å²) in [7, 11) is 0. The van der Waals surface area contributed by atoms with Gasteiger partial charge in [-0.15, -0.1) is 0 Å². The number of rotatable bonds is 4. The van der Waals surface area contributed by atoms with E-state index in [1.54, 1.807) is 16.7 Å². The molecule has 1 amide bonds. The zero-order valence-corrected chi connectivity index (χ0v) is 16.1. The molecule has 1 fully saturated rings. The highest BCUT2D eigenvalue weighted by Crippen LogP contribution is 2.31. The largest absolute Gasteiger partial charge is 0.384 e. The van der Waals surface area contributed by atoms with E-state index in [4.69, 9.17) is 10.5 Å². The first-order valence-electron chi connectivity index (χ1n) is 9.84. The Morgan fingerprint density at radius 2 is 2.00 bits per heavy atom. The van der Waals surface area contributed by atoms with Crippen molar-refractivity contribution in [1.82, 2.24) is 19.9 Å². The normalized spacial score (nSPS) is 16.4. The second-order valence-corrected chi connectivity index (χ2v) is 7.31. The Hall–Kier alpha value is -3.52. The maximum absolute atomic E-state index is 13.9. The predicted molar refractivity (Wildman–Crippen MR) is 112 cm³/mol. The molecule has 30 heavy (non-hydrogen) atoms. The lowest BCUT2D eigenvalue weighted by Crippen LogP contribution is -2.32. The van der Waals surface area contributed by atoms with Gasteiger partial charge in [0.15, 0.2) is 5.65 Å². The molecule has 0 saturated carbocycles. The lowest BCUT2D eigenvalue weighted by Gasteiger charge is -2.11. The average molecular weight is 405 g/mol. The first kappa shape index (κ1) is 18.5. The monoisotopic (exact) mass is 405 g/mol. The topological polar surface area (TPSA) is 95.1 Å². The maximum Gasteiger partial charge on any atom is 0.257 e. The van der Waals surface area contributed by atoms with Gasteiger partial charge in [-0.05, 0) is 43.2 Å². The Bertz CT molecular complexity index is 1260. The minimum absolute atomic E-state index is 0.00124. The Kier molecular flexibility index (Phi) is 4.55. The Labute approximate surface area is 171 Å². The predicted octanol–water partition coefficient (Wildman–Crippen LogP) is 3.20. The molecule has 2 aromatic carbocycles. The molecule has 2 aromatic heterocycles. The molecule has 0 aliphatic carbocycles. The molecule has 1 aliphatic heterocycles. The Morgan fingerprint density at radius 1 is 1.20 bits per heavy atom. The van der Waals surface area contributed by atoms with E-state index in [1.807, 2.05) is 24.3 Å². The lowest BCUT2D eigenvalue weighted by atomic mass is 10.2. The number of nitrogens with two attached hydrogens (primary N) is 1. The number of hydrogen-bond donors (Lipinski definition) is 2. The molecule has 0 spiro atoms. The van der Waals surface area contributed by atoms with Crippen LogP contribution in [0, 0.1) is 5.82 Å². The molecule has 5 rings (SSSR count). The number of nitrogen functional groups attached to an aromatic ring is 1. The fourth-order valence-corrected chi connectivity index (χ4v) is 3.86. The van der Waals surface area contributed by atoms with Crippen molar-refractivity contribution in [3.63, 3.8) is 0 Å². The van der Waals surface area contributed by atoms with Crippen molar-refractivity contribution in [1.29, 1.82) is 0 Å². The Balaban J connectivity index is 1.67. The first-order chi connectivity index (χ1) is 14.6. The van der Waals surface area contributed by atoms with Gasteiger partial charge in [0.05, 0.1) is 22.8 Å². The summed E-state index contributed by atoms with van der Waals surface area (Å²) in [5, 5.41) is 2.90. The van der Waals surface area contributed by atoms with Crippen molar-refractivity contribution in [3.8, 4) is 5.69 Å². The number of ether oxygens (including phenoxy) is 1. The molecule has 1 saturated heterocycles. The zero-order valence-electron chi connectivity index (χ0n) is 16.1. The van der Waals surface area contributed by atoms with E-state index in [0.717, 1.165) is 12.8 Å². The minimum atomic E-state index is -0.410. The van der Waals surface area contributed by atoms with Crippen LogP contribution in [0.2, 0.25) is 0 Å². The third-order valence-electron chi connectivity index (χ3n) is 5.31. The third kappa shape index (κ3) is 3.15. The van der Waals surface area contributed by atoms with Gasteiger partial charge in [0, 0.05) is 13.2 Å². The van der Waals surface area contributed by atoms with Gasteiger partial charge in [-0.25, -0.2) is 14.4 Å². The quantitative estimate of drug-likeness (QED) is 0.544. The van der Waals surface area contributed by atoms with Crippen molar-refractivity contribution in [3.05, 3.63) is 59.9 Å². The smallest absolute Gasteiger partial charge is 0.257 e. The van der Waals surface area contributed by atoms with Crippen LogP contribution in [0.25, 0.3) is 27.9 Å². The molecule has 152 valence electrons. The fraction of sp³-hybridized carbons (Fsp3) is 0.227. The molecule has 7 nitrogen and oxygen atoms in total. The number of fused-ring (bicyclic) bond motifs is 2. The van der Waals surface area contributed by atoms with Crippen LogP contribution in [0.5, 0.6) is 0 Å². The van der Waals surface area contributed by atoms with Crippen LogP contribution in [-0.4, -0.2) is 39.7 Å². The van der Waals surface area contributed by atoms with Crippen molar-refractivity contribution < 1.29 is 13.9 Å². The highest BCUT2D eigenvalue weighted by molar-refractivity contribution is 6.11. The zero-order chi connectivity index (χ0) is 20.7. The van der Waals surface area contributed by atoms with E-state index < -0.39 is 5.82 Å². The molecule has 1 atom stereocenters. The van der Waals surface area contributed by atoms with Crippen LogP contribution < -0.4 is 11.1 Å². The summed E-state index contributed by atoms with van der Waals surface area (Å²) >= 11 is 0. The van der Waals surface area contributed by atoms with E-state index in [1.165, 1.54) is 12.1 Å².